The van der Waals surface area contributed by atoms with Gasteiger partial charge in [0.2, 0.25) is 0 Å². The Balaban J connectivity index is -0.000000443. The first-order chi connectivity index (χ1) is 16.8. The van der Waals surface area contributed by atoms with Crippen LogP contribution in [0.25, 0.3) is 21.5 Å². The van der Waals surface area contributed by atoms with Gasteiger partial charge in [-0.05, 0) is 28.3 Å². The highest BCUT2D eigenvalue weighted by Gasteiger charge is 2.05. The van der Waals surface area contributed by atoms with E-state index in [4.69, 9.17) is 0 Å². The van der Waals surface area contributed by atoms with E-state index in [9.17, 15) is 18.1 Å². The summed E-state index contributed by atoms with van der Waals surface area (Å²) in [4.78, 5) is -0.157. The molecule has 0 aliphatic rings. The first-order valence-electron chi connectivity index (χ1n) is 12.4. The van der Waals surface area contributed by atoms with Gasteiger partial charge in [0, 0.05) is 5.39 Å². The number of rotatable bonds is 1. The van der Waals surface area contributed by atoms with Crippen LogP contribution in [0.3, 0.4) is 0 Å². The Bertz CT molecular complexity index is 1160. The van der Waals surface area contributed by atoms with Gasteiger partial charge in [0.15, 0.2) is 0 Å². The SMILES string of the molecule is CC.CC.CCC.CCC.O=S(=O)([O-])c1cccc2ccccc12.Oc1cccc2ccccc12.[NH4+]. The van der Waals surface area contributed by atoms with Gasteiger partial charge in [-0.2, -0.15) is 0 Å². The number of phenolic OH excluding ortho intramolecular Hbond substituents is 1. The minimum absolute atomic E-state index is 0. The van der Waals surface area contributed by atoms with Crippen LogP contribution in [0, 0.1) is 0 Å². The molecule has 0 saturated heterocycles. The third kappa shape index (κ3) is 13.8. The molecule has 6 heteroatoms. The van der Waals surface area contributed by atoms with Crippen LogP contribution in [0.2, 0.25) is 0 Å². The van der Waals surface area contributed by atoms with Gasteiger partial charge in [0.25, 0.3) is 0 Å². The van der Waals surface area contributed by atoms with E-state index < -0.39 is 10.1 Å². The molecule has 0 heterocycles. The number of phenols is 1. The second kappa shape index (κ2) is 22.5. The fourth-order valence-corrected chi connectivity index (χ4v) is 3.32. The molecule has 5 N–H and O–H groups in total. The van der Waals surface area contributed by atoms with Crippen molar-refractivity contribution in [2.75, 3.05) is 0 Å². The minimum Gasteiger partial charge on any atom is -0.744 e. The van der Waals surface area contributed by atoms with E-state index in [0.29, 0.717) is 11.1 Å². The third-order valence-corrected chi connectivity index (χ3v) is 4.68. The summed E-state index contributed by atoms with van der Waals surface area (Å²) in [7, 11) is -4.38. The lowest BCUT2D eigenvalue weighted by Gasteiger charge is -2.09. The fourth-order valence-electron chi connectivity index (χ4n) is 2.62. The number of hydrogen-bond acceptors (Lipinski definition) is 4. The van der Waals surface area contributed by atoms with Crippen molar-refractivity contribution >= 4 is 31.7 Å². The normalized spacial score (nSPS) is 9.03. The van der Waals surface area contributed by atoms with Gasteiger partial charge >= 0.3 is 0 Å². The maximum atomic E-state index is 10.9. The van der Waals surface area contributed by atoms with Crippen LogP contribution in [0.4, 0.5) is 0 Å². The Labute approximate surface area is 219 Å². The van der Waals surface area contributed by atoms with Crippen molar-refractivity contribution < 1.29 is 18.1 Å². The lowest BCUT2D eigenvalue weighted by atomic mass is 10.1. The number of aromatic hydroxyl groups is 1. The van der Waals surface area contributed by atoms with Crippen molar-refractivity contribution in [2.24, 2.45) is 0 Å². The van der Waals surface area contributed by atoms with Crippen molar-refractivity contribution in [3.8, 4) is 5.75 Å². The smallest absolute Gasteiger partial charge is 0.125 e. The van der Waals surface area contributed by atoms with Crippen molar-refractivity contribution in [3.63, 3.8) is 0 Å². The summed E-state index contributed by atoms with van der Waals surface area (Å²) in [6.07, 6.45) is 2.50. The van der Waals surface area contributed by atoms with Crippen molar-refractivity contribution in [3.05, 3.63) is 84.9 Å². The molecule has 0 saturated carbocycles. The van der Waals surface area contributed by atoms with E-state index in [1.54, 1.807) is 42.5 Å². The van der Waals surface area contributed by atoms with Gasteiger partial charge in [0.05, 0.1) is 4.90 Å². The molecule has 0 fully saturated rings. The molecule has 0 radical (unpaired) electrons. The zero-order valence-corrected chi connectivity index (χ0v) is 24.4. The summed E-state index contributed by atoms with van der Waals surface area (Å²) in [6, 6.07) is 24.8. The molecule has 0 aliphatic carbocycles. The summed E-state index contributed by atoms with van der Waals surface area (Å²) < 4.78 is 32.7. The molecular formula is C30H47NO4S. The molecular weight excluding hydrogens is 470 g/mol. The fraction of sp³-hybridized carbons (Fsp3) is 0.333. The van der Waals surface area contributed by atoms with E-state index in [1.807, 2.05) is 64.1 Å². The predicted molar refractivity (Wildman–Crippen MR) is 158 cm³/mol. The molecule has 4 rings (SSSR count). The Morgan fingerprint density at radius 2 is 0.944 bits per heavy atom. The molecule has 0 atom stereocenters. The standard InChI is InChI=1S/C10H8O3S.C10H8O.2C3H8.2C2H6.H3N/c11-14(12,13)10-7-3-5-8-4-1-2-6-9(8)10;11-10-7-3-5-8-4-1-2-6-9(8)10;2*1-3-2;2*1-2;/h1-7H,(H,11,12,13);1-7,11H;2*3H2,1-2H3;2*1-2H3;1H3. The van der Waals surface area contributed by atoms with Crippen LogP contribution in [-0.4, -0.2) is 18.1 Å². The zero-order valence-electron chi connectivity index (χ0n) is 23.6. The molecule has 0 aliphatic heterocycles. The topological polar surface area (TPSA) is 114 Å². The highest BCUT2D eigenvalue weighted by atomic mass is 32.2. The van der Waals surface area contributed by atoms with Crippen LogP contribution in [0.1, 0.15) is 68.2 Å². The van der Waals surface area contributed by atoms with Gasteiger partial charge in [0.1, 0.15) is 15.9 Å². The molecule has 4 aromatic rings. The molecule has 0 aromatic heterocycles. The summed E-state index contributed by atoms with van der Waals surface area (Å²) in [5.41, 5.74) is 0. The van der Waals surface area contributed by atoms with Gasteiger partial charge < -0.3 is 15.8 Å². The van der Waals surface area contributed by atoms with E-state index in [0.717, 1.165) is 16.2 Å². The van der Waals surface area contributed by atoms with Crippen LogP contribution >= 0.6 is 0 Å². The predicted octanol–water partition coefficient (Wildman–Crippen LogP) is 9.55. The molecule has 36 heavy (non-hydrogen) atoms. The van der Waals surface area contributed by atoms with E-state index in [-0.39, 0.29) is 11.0 Å². The van der Waals surface area contributed by atoms with Crippen LogP contribution in [-0.2, 0) is 10.1 Å². The Hall–Kier alpha value is -2.93. The Morgan fingerprint density at radius 1 is 0.611 bits per heavy atom. The van der Waals surface area contributed by atoms with Crippen molar-refractivity contribution in [1.82, 2.24) is 6.15 Å². The van der Waals surface area contributed by atoms with Crippen molar-refractivity contribution in [1.29, 1.82) is 0 Å². The second-order valence-corrected chi connectivity index (χ2v) is 8.19. The molecule has 0 unspecified atom stereocenters. The van der Waals surface area contributed by atoms with Gasteiger partial charge in [-0.25, -0.2) is 8.42 Å². The molecule has 0 spiro atoms. The lowest BCUT2D eigenvalue weighted by Crippen LogP contribution is -1.98. The zero-order chi connectivity index (χ0) is 27.3. The Kier molecular flexibility index (Phi) is 23.5. The van der Waals surface area contributed by atoms with E-state index >= 15 is 0 Å². The third-order valence-electron chi connectivity index (χ3n) is 3.79. The summed E-state index contributed by atoms with van der Waals surface area (Å²) in [5, 5.41) is 12.6. The summed E-state index contributed by atoms with van der Waals surface area (Å²) in [6.45, 7) is 16.5. The number of quaternary nitrogens is 1. The molecule has 0 amide bonds. The maximum absolute atomic E-state index is 10.9. The van der Waals surface area contributed by atoms with Crippen LogP contribution in [0.5, 0.6) is 5.75 Å². The summed E-state index contributed by atoms with van der Waals surface area (Å²) >= 11 is 0. The highest BCUT2D eigenvalue weighted by Crippen LogP contribution is 2.23. The first-order valence-corrected chi connectivity index (χ1v) is 13.8. The average molecular weight is 518 g/mol. The Morgan fingerprint density at radius 3 is 1.36 bits per heavy atom. The molecule has 202 valence electrons. The van der Waals surface area contributed by atoms with Crippen LogP contribution < -0.4 is 6.15 Å². The monoisotopic (exact) mass is 517 g/mol. The quantitative estimate of drug-likeness (QED) is 0.245. The van der Waals surface area contributed by atoms with Gasteiger partial charge in [-0.15, -0.1) is 0 Å². The summed E-state index contributed by atoms with van der Waals surface area (Å²) in [5.74, 6) is 0.350. The molecule has 0 bridgehead atoms. The number of benzene rings is 4. The number of fused-ring (bicyclic) bond motifs is 2. The van der Waals surface area contributed by atoms with Gasteiger partial charge in [-0.3, -0.25) is 0 Å². The molecule has 5 nitrogen and oxygen atoms in total. The minimum atomic E-state index is -4.38. The highest BCUT2D eigenvalue weighted by molar-refractivity contribution is 7.86. The second-order valence-electron chi connectivity index (χ2n) is 6.84. The largest absolute Gasteiger partial charge is 0.744 e. The van der Waals surface area contributed by atoms with Crippen molar-refractivity contribution in [2.45, 2.75) is 73.1 Å². The van der Waals surface area contributed by atoms with E-state index in [1.165, 1.54) is 18.9 Å². The first kappa shape index (κ1) is 37.6. The van der Waals surface area contributed by atoms with Gasteiger partial charge in [-0.1, -0.05) is 141 Å². The number of hydrogen-bond donors (Lipinski definition) is 2. The maximum Gasteiger partial charge on any atom is 0.125 e. The molecule has 4 aromatic carbocycles. The average Bonchev–Trinajstić information content (AvgIpc) is 2.87. The lowest BCUT2D eigenvalue weighted by molar-refractivity contribution is 0.464. The van der Waals surface area contributed by atoms with Crippen LogP contribution in [0.15, 0.2) is 89.8 Å². The van der Waals surface area contributed by atoms with E-state index in [2.05, 4.69) is 27.7 Å².